The lowest BCUT2D eigenvalue weighted by molar-refractivity contribution is -1.02. The van der Waals surface area contributed by atoms with Crippen LogP contribution in [0.4, 0.5) is 0 Å². The van der Waals surface area contributed by atoms with Crippen LogP contribution in [0.2, 0.25) is 0 Å². The van der Waals surface area contributed by atoms with E-state index in [-0.39, 0.29) is 5.91 Å². The molecule has 1 fully saturated rings. The third-order valence-electron chi connectivity index (χ3n) is 6.00. The van der Waals surface area contributed by atoms with Crippen LogP contribution in [0.5, 0.6) is 5.75 Å². The van der Waals surface area contributed by atoms with Crippen LogP contribution < -0.4 is 19.9 Å². The van der Waals surface area contributed by atoms with Crippen LogP contribution in [0.1, 0.15) is 30.4 Å². The average Bonchev–Trinajstić information content (AvgIpc) is 2.77. The first-order valence-corrected chi connectivity index (χ1v) is 10.8. The molecule has 0 radical (unpaired) electrons. The highest BCUT2D eigenvalue weighted by Crippen LogP contribution is 2.17. The Balaban J connectivity index is 1.37. The number of hydrogen-bond acceptors (Lipinski definition) is 2. The van der Waals surface area contributed by atoms with Gasteiger partial charge in [-0.25, -0.2) is 0 Å². The lowest BCUT2D eigenvalue weighted by Gasteiger charge is -2.29. The SMILES string of the molecule is CC[C@@H](CNC(=O)C[NH+]1CC[NH+](Cc2ccc(OC)cc2)CC1)c1ccccc1. The van der Waals surface area contributed by atoms with E-state index >= 15 is 0 Å². The van der Waals surface area contributed by atoms with Crippen molar-refractivity contribution < 1.29 is 19.3 Å². The van der Waals surface area contributed by atoms with Crippen molar-refractivity contribution in [3.8, 4) is 5.75 Å². The summed E-state index contributed by atoms with van der Waals surface area (Å²) in [6.45, 7) is 8.84. The minimum Gasteiger partial charge on any atom is -0.497 e. The molecule has 1 aliphatic rings. The van der Waals surface area contributed by atoms with Crippen LogP contribution >= 0.6 is 0 Å². The predicted octanol–water partition coefficient (Wildman–Crippen LogP) is 0.289. The Morgan fingerprint density at radius 2 is 1.66 bits per heavy atom. The molecule has 2 aromatic carbocycles. The second kappa shape index (κ2) is 11.0. The largest absolute Gasteiger partial charge is 0.497 e. The standard InChI is InChI=1S/C24H33N3O2/c1-3-21(22-7-5-4-6-8-22)17-25-24(28)19-27-15-13-26(14-16-27)18-20-9-11-23(29-2)12-10-20/h4-12,21H,3,13-19H2,1-2H3,(H,25,28)/p+2/t21-/m0/s1. The molecule has 5 nitrogen and oxygen atoms in total. The summed E-state index contributed by atoms with van der Waals surface area (Å²) in [6, 6.07) is 18.8. The number of nitrogens with one attached hydrogen (secondary N) is 3. The van der Waals surface area contributed by atoms with Crippen LogP contribution in [0.15, 0.2) is 54.6 Å². The van der Waals surface area contributed by atoms with Gasteiger partial charge in [0.05, 0.1) is 7.11 Å². The summed E-state index contributed by atoms with van der Waals surface area (Å²) in [5, 5.41) is 3.16. The second-order valence-corrected chi connectivity index (χ2v) is 8.02. The zero-order valence-electron chi connectivity index (χ0n) is 17.7. The molecule has 1 amide bonds. The summed E-state index contributed by atoms with van der Waals surface area (Å²) in [4.78, 5) is 15.4. The molecule has 0 unspecified atom stereocenters. The number of rotatable bonds is 9. The Morgan fingerprint density at radius 1 is 1.00 bits per heavy atom. The highest BCUT2D eigenvalue weighted by atomic mass is 16.5. The topological polar surface area (TPSA) is 47.2 Å². The molecule has 3 rings (SSSR count). The molecule has 0 spiro atoms. The Hall–Kier alpha value is -2.37. The molecule has 1 heterocycles. The van der Waals surface area contributed by atoms with E-state index in [2.05, 4.69) is 48.6 Å². The zero-order valence-corrected chi connectivity index (χ0v) is 17.7. The second-order valence-electron chi connectivity index (χ2n) is 8.02. The van der Waals surface area contributed by atoms with Crippen LogP contribution in [0, 0.1) is 0 Å². The van der Waals surface area contributed by atoms with E-state index in [0.717, 1.165) is 51.4 Å². The molecule has 0 bridgehead atoms. The maximum Gasteiger partial charge on any atom is 0.275 e. The van der Waals surface area contributed by atoms with Crippen molar-refractivity contribution in [3.63, 3.8) is 0 Å². The molecule has 29 heavy (non-hydrogen) atoms. The molecular weight excluding hydrogens is 362 g/mol. The Labute approximate surface area is 174 Å². The van der Waals surface area contributed by atoms with E-state index in [1.165, 1.54) is 16.0 Å². The van der Waals surface area contributed by atoms with E-state index < -0.39 is 0 Å². The van der Waals surface area contributed by atoms with Crippen molar-refractivity contribution in [2.75, 3.05) is 46.4 Å². The van der Waals surface area contributed by atoms with Gasteiger partial charge in [0.2, 0.25) is 0 Å². The predicted molar refractivity (Wildman–Crippen MR) is 115 cm³/mol. The molecule has 2 aromatic rings. The number of benzene rings is 2. The van der Waals surface area contributed by atoms with Gasteiger partial charge in [0.15, 0.2) is 6.54 Å². The molecule has 0 aliphatic carbocycles. The van der Waals surface area contributed by atoms with Gasteiger partial charge >= 0.3 is 0 Å². The van der Waals surface area contributed by atoms with Gasteiger partial charge in [-0.1, -0.05) is 37.3 Å². The van der Waals surface area contributed by atoms with Crippen molar-refractivity contribution in [2.24, 2.45) is 0 Å². The first-order chi connectivity index (χ1) is 14.2. The summed E-state index contributed by atoms with van der Waals surface area (Å²) in [7, 11) is 1.70. The summed E-state index contributed by atoms with van der Waals surface area (Å²) in [6.07, 6.45) is 1.03. The minimum absolute atomic E-state index is 0.174. The number of amides is 1. The number of carbonyl (C=O) groups is 1. The molecule has 1 saturated heterocycles. The van der Waals surface area contributed by atoms with E-state index in [0.29, 0.717) is 12.5 Å². The van der Waals surface area contributed by atoms with Gasteiger partial charge in [0.25, 0.3) is 5.91 Å². The maximum absolute atomic E-state index is 12.4. The molecule has 1 atom stereocenters. The summed E-state index contributed by atoms with van der Waals surface area (Å²) in [5.41, 5.74) is 2.65. The van der Waals surface area contributed by atoms with Crippen LogP contribution in [0.3, 0.4) is 0 Å². The molecule has 0 aromatic heterocycles. The number of methoxy groups -OCH3 is 1. The molecule has 3 N–H and O–H groups in total. The fourth-order valence-corrected chi connectivity index (χ4v) is 4.09. The molecule has 5 heteroatoms. The van der Waals surface area contributed by atoms with Crippen LogP contribution in [-0.2, 0) is 11.3 Å². The van der Waals surface area contributed by atoms with E-state index in [9.17, 15) is 4.79 Å². The van der Waals surface area contributed by atoms with Crippen molar-refractivity contribution in [1.29, 1.82) is 0 Å². The van der Waals surface area contributed by atoms with Gasteiger partial charge < -0.3 is 19.9 Å². The van der Waals surface area contributed by atoms with Crippen LogP contribution in [-0.4, -0.2) is 52.3 Å². The molecular formula is C24H35N3O2+2. The van der Waals surface area contributed by atoms with Gasteiger partial charge in [-0.05, 0) is 36.2 Å². The molecule has 156 valence electrons. The van der Waals surface area contributed by atoms with Crippen molar-refractivity contribution >= 4 is 5.91 Å². The van der Waals surface area contributed by atoms with Gasteiger partial charge in [0.1, 0.15) is 38.5 Å². The number of ether oxygens (including phenoxy) is 1. The summed E-state index contributed by atoms with van der Waals surface area (Å²) in [5.74, 6) is 1.47. The molecule has 1 aliphatic heterocycles. The number of quaternary nitrogens is 2. The van der Waals surface area contributed by atoms with E-state index in [4.69, 9.17) is 4.74 Å². The monoisotopic (exact) mass is 397 g/mol. The summed E-state index contributed by atoms with van der Waals surface area (Å²) >= 11 is 0. The number of hydrogen-bond donors (Lipinski definition) is 3. The van der Waals surface area contributed by atoms with Crippen molar-refractivity contribution in [1.82, 2.24) is 5.32 Å². The third kappa shape index (κ3) is 6.58. The number of piperazine rings is 1. The van der Waals surface area contributed by atoms with Crippen molar-refractivity contribution in [2.45, 2.75) is 25.8 Å². The first-order valence-electron chi connectivity index (χ1n) is 10.8. The molecule has 0 saturated carbocycles. The maximum atomic E-state index is 12.4. The minimum atomic E-state index is 0.174. The summed E-state index contributed by atoms with van der Waals surface area (Å²) < 4.78 is 5.23. The van der Waals surface area contributed by atoms with Crippen molar-refractivity contribution in [3.05, 3.63) is 65.7 Å². The zero-order chi connectivity index (χ0) is 20.5. The Bertz CT molecular complexity index is 740. The third-order valence-corrected chi connectivity index (χ3v) is 6.00. The quantitative estimate of drug-likeness (QED) is 0.570. The van der Waals surface area contributed by atoms with Gasteiger partial charge in [-0.3, -0.25) is 4.79 Å². The highest BCUT2D eigenvalue weighted by Gasteiger charge is 2.25. The fourth-order valence-electron chi connectivity index (χ4n) is 4.09. The van der Waals surface area contributed by atoms with Gasteiger partial charge in [-0.2, -0.15) is 0 Å². The number of carbonyl (C=O) groups excluding carboxylic acids is 1. The van der Waals surface area contributed by atoms with Gasteiger partial charge in [-0.15, -0.1) is 0 Å². The average molecular weight is 398 g/mol. The van der Waals surface area contributed by atoms with E-state index in [1.54, 1.807) is 12.0 Å². The van der Waals surface area contributed by atoms with Crippen LogP contribution in [0.25, 0.3) is 0 Å². The highest BCUT2D eigenvalue weighted by molar-refractivity contribution is 5.76. The van der Waals surface area contributed by atoms with E-state index in [1.807, 2.05) is 18.2 Å². The lowest BCUT2D eigenvalue weighted by atomic mass is 9.96. The first kappa shape index (κ1) is 21.3. The Morgan fingerprint density at radius 3 is 2.28 bits per heavy atom. The van der Waals surface area contributed by atoms with Gasteiger partial charge in [0, 0.05) is 18.0 Å². The smallest absolute Gasteiger partial charge is 0.275 e. The Kier molecular flexibility index (Phi) is 8.08. The lowest BCUT2D eigenvalue weighted by Crippen LogP contribution is -3.28. The fraction of sp³-hybridized carbons (Fsp3) is 0.458. The normalized spacial score (nSPS) is 20.1.